The average Bonchev–Trinajstić information content (AvgIpc) is 2.27. The predicted molar refractivity (Wildman–Crippen MR) is 60.2 cm³/mol. The molecule has 0 aromatic carbocycles. The summed E-state index contributed by atoms with van der Waals surface area (Å²) in [7, 11) is -0.735. The zero-order valence-corrected chi connectivity index (χ0v) is 10.1. The molecule has 1 N–H and O–H groups in total. The van der Waals surface area contributed by atoms with Gasteiger partial charge < -0.3 is 10.2 Å². The number of carbonyl (C=O) groups excluding carboxylic acids is 2. The molecule has 2 amide bonds. The van der Waals surface area contributed by atoms with Gasteiger partial charge >= 0.3 is 0 Å². The third-order valence-electron chi connectivity index (χ3n) is 3.25. The molecule has 16 heavy (non-hydrogen) atoms. The van der Waals surface area contributed by atoms with Gasteiger partial charge in [-0.3, -0.25) is 13.8 Å². The van der Waals surface area contributed by atoms with E-state index in [1.807, 2.05) is 0 Å². The minimum atomic E-state index is -0.735. The Labute approximate surface area is 97.0 Å². The molecule has 0 saturated carbocycles. The first-order chi connectivity index (χ1) is 7.59. The third-order valence-corrected chi connectivity index (χ3v) is 4.63. The fourth-order valence-corrected chi connectivity index (χ4v) is 3.60. The first kappa shape index (κ1) is 11.6. The molecule has 2 aliphatic rings. The van der Waals surface area contributed by atoms with Crippen LogP contribution in [0.5, 0.6) is 0 Å². The molecule has 2 saturated heterocycles. The maximum absolute atomic E-state index is 11.8. The van der Waals surface area contributed by atoms with Crippen LogP contribution in [0.2, 0.25) is 0 Å². The maximum atomic E-state index is 11.8. The summed E-state index contributed by atoms with van der Waals surface area (Å²) in [6.45, 7) is 1.85. The number of amides is 2. The van der Waals surface area contributed by atoms with Crippen LogP contribution in [-0.2, 0) is 20.4 Å². The molecule has 0 aliphatic carbocycles. The van der Waals surface area contributed by atoms with E-state index in [2.05, 4.69) is 5.32 Å². The molecule has 6 heteroatoms. The van der Waals surface area contributed by atoms with Crippen LogP contribution in [0.15, 0.2) is 0 Å². The lowest BCUT2D eigenvalue weighted by atomic mass is 10.0. The number of nitrogens with zero attached hydrogens (tertiary/aromatic N) is 1. The van der Waals surface area contributed by atoms with Crippen LogP contribution in [0.3, 0.4) is 0 Å². The van der Waals surface area contributed by atoms with Crippen molar-refractivity contribution in [3.63, 3.8) is 0 Å². The van der Waals surface area contributed by atoms with Crippen LogP contribution >= 0.6 is 0 Å². The molecule has 0 aromatic heterocycles. The van der Waals surface area contributed by atoms with Crippen molar-refractivity contribution < 1.29 is 13.8 Å². The minimum Gasteiger partial charge on any atom is -0.345 e. The van der Waals surface area contributed by atoms with E-state index in [1.165, 1.54) is 0 Å². The van der Waals surface area contributed by atoms with Gasteiger partial charge in [0.25, 0.3) is 0 Å². The van der Waals surface area contributed by atoms with Crippen molar-refractivity contribution in [2.75, 3.05) is 18.1 Å². The first-order valence-electron chi connectivity index (χ1n) is 5.53. The Hall–Kier alpha value is -0.910. The van der Waals surface area contributed by atoms with E-state index in [0.29, 0.717) is 11.5 Å². The zero-order valence-electron chi connectivity index (χ0n) is 9.27. The van der Waals surface area contributed by atoms with Crippen molar-refractivity contribution in [3.05, 3.63) is 0 Å². The molecule has 2 heterocycles. The third kappa shape index (κ3) is 2.11. The van der Waals surface area contributed by atoms with Crippen LogP contribution in [0.4, 0.5) is 0 Å². The highest BCUT2D eigenvalue weighted by molar-refractivity contribution is 7.85. The van der Waals surface area contributed by atoms with Crippen molar-refractivity contribution >= 4 is 22.6 Å². The van der Waals surface area contributed by atoms with E-state index >= 15 is 0 Å². The second-order valence-electron chi connectivity index (χ2n) is 4.27. The second-order valence-corrected chi connectivity index (χ2v) is 5.97. The smallest absolute Gasteiger partial charge is 0.242 e. The zero-order chi connectivity index (χ0) is 11.7. The molecule has 0 radical (unpaired) electrons. The summed E-state index contributed by atoms with van der Waals surface area (Å²) in [5.41, 5.74) is 0. The number of piperazine rings is 1. The van der Waals surface area contributed by atoms with Gasteiger partial charge in [0.15, 0.2) is 0 Å². The quantitative estimate of drug-likeness (QED) is 0.659. The largest absolute Gasteiger partial charge is 0.345 e. The molecule has 1 atom stereocenters. The van der Waals surface area contributed by atoms with Crippen LogP contribution in [0.25, 0.3) is 0 Å². The summed E-state index contributed by atoms with van der Waals surface area (Å²) in [6.07, 6.45) is 1.49. The van der Waals surface area contributed by atoms with Crippen molar-refractivity contribution in [2.45, 2.75) is 31.8 Å². The monoisotopic (exact) mass is 244 g/mol. The average molecular weight is 244 g/mol. The molecule has 2 aliphatic heterocycles. The molecule has 0 bridgehead atoms. The molecule has 2 rings (SSSR count). The van der Waals surface area contributed by atoms with E-state index in [-0.39, 0.29) is 24.4 Å². The fraction of sp³-hybridized carbons (Fsp3) is 0.800. The number of rotatable bonds is 1. The van der Waals surface area contributed by atoms with Gasteiger partial charge in [0, 0.05) is 28.3 Å². The topological polar surface area (TPSA) is 66.5 Å². The highest BCUT2D eigenvalue weighted by Gasteiger charge is 2.36. The first-order valence-corrected chi connectivity index (χ1v) is 7.02. The lowest BCUT2D eigenvalue weighted by molar-refractivity contribution is -0.147. The Morgan fingerprint density at radius 2 is 1.94 bits per heavy atom. The van der Waals surface area contributed by atoms with Crippen molar-refractivity contribution in [1.29, 1.82) is 0 Å². The van der Waals surface area contributed by atoms with Crippen LogP contribution in [0, 0.1) is 0 Å². The normalized spacial score (nSPS) is 36.1. The number of nitrogens with one attached hydrogen (secondary N) is 1. The van der Waals surface area contributed by atoms with E-state index in [0.717, 1.165) is 12.8 Å². The number of hydrogen-bond acceptors (Lipinski definition) is 3. The summed E-state index contributed by atoms with van der Waals surface area (Å²) >= 11 is 0. The molecule has 0 spiro atoms. The minimum absolute atomic E-state index is 0.0233. The second kappa shape index (κ2) is 4.53. The molecule has 2 fully saturated rings. The lowest BCUT2D eigenvalue weighted by Crippen LogP contribution is -2.61. The predicted octanol–water partition coefficient (Wildman–Crippen LogP) is -0.756. The Kier molecular flexibility index (Phi) is 3.28. The van der Waals surface area contributed by atoms with Gasteiger partial charge in [-0.25, -0.2) is 0 Å². The van der Waals surface area contributed by atoms with E-state index < -0.39 is 16.8 Å². The van der Waals surface area contributed by atoms with Gasteiger partial charge in [0.2, 0.25) is 11.8 Å². The van der Waals surface area contributed by atoms with E-state index in [1.54, 1.807) is 11.8 Å². The Bertz CT molecular complexity index is 335. The van der Waals surface area contributed by atoms with Crippen molar-refractivity contribution in [3.8, 4) is 0 Å². The molecule has 0 aromatic rings. The van der Waals surface area contributed by atoms with Crippen molar-refractivity contribution in [2.24, 2.45) is 0 Å². The Morgan fingerprint density at radius 1 is 1.31 bits per heavy atom. The molecular formula is C10H16N2O3S. The van der Waals surface area contributed by atoms with Crippen LogP contribution < -0.4 is 5.32 Å². The fourth-order valence-electron chi connectivity index (χ4n) is 2.32. The van der Waals surface area contributed by atoms with E-state index in [9.17, 15) is 13.8 Å². The van der Waals surface area contributed by atoms with Gasteiger partial charge in [0.05, 0.1) is 6.54 Å². The molecular weight excluding hydrogens is 228 g/mol. The summed E-state index contributed by atoms with van der Waals surface area (Å²) in [5.74, 6) is 1.17. The standard InChI is InChI=1S/C10H16N2O3S/c1-7-10(14)11-6-9(13)12(7)8-2-4-16(15)5-3-8/h7-8H,2-6H2,1H3,(H,11,14). The highest BCUT2D eigenvalue weighted by atomic mass is 32.2. The molecule has 1 unspecified atom stereocenters. The Balaban J connectivity index is 2.08. The summed E-state index contributed by atoms with van der Waals surface area (Å²) in [4.78, 5) is 24.9. The van der Waals surface area contributed by atoms with E-state index in [4.69, 9.17) is 0 Å². The highest BCUT2D eigenvalue weighted by Crippen LogP contribution is 2.20. The lowest BCUT2D eigenvalue weighted by Gasteiger charge is -2.40. The SMILES string of the molecule is CC1C(=O)NCC(=O)N1C1CCS(=O)CC1. The van der Waals surface area contributed by atoms with Crippen molar-refractivity contribution in [1.82, 2.24) is 10.2 Å². The summed E-state index contributed by atoms with van der Waals surface area (Å²) in [6, 6.07) is -0.302. The van der Waals surface area contributed by atoms with Gasteiger partial charge in [0.1, 0.15) is 6.04 Å². The van der Waals surface area contributed by atoms with Gasteiger partial charge in [-0.1, -0.05) is 0 Å². The molecule has 90 valence electrons. The van der Waals surface area contributed by atoms with Gasteiger partial charge in [-0.15, -0.1) is 0 Å². The maximum Gasteiger partial charge on any atom is 0.242 e. The number of hydrogen-bond donors (Lipinski definition) is 1. The van der Waals surface area contributed by atoms with Gasteiger partial charge in [-0.2, -0.15) is 0 Å². The molecule has 5 nitrogen and oxygen atoms in total. The van der Waals surface area contributed by atoms with Crippen LogP contribution in [0.1, 0.15) is 19.8 Å². The van der Waals surface area contributed by atoms with Crippen LogP contribution in [-0.4, -0.2) is 51.1 Å². The Morgan fingerprint density at radius 3 is 2.56 bits per heavy atom. The number of carbonyl (C=O) groups is 2. The summed E-state index contributed by atoms with van der Waals surface area (Å²) in [5, 5.41) is 2.57. The summed E-state index contributed by atoms with van der Waals surface area (Å²) < 4.78 is 11.2. The van der Waals surface area contributed by atoms with Gasteiger partial charge in [-0.05, 0) is 19.8 Å².